The summed E-state index contributed by atoms with van der Waals surface area (Å²) in [6.07, 6.45) is 0.725. The minimum atomic E-state index is -1.03. The highest BCUT2D eigenvalue weighted by atomic mass is 35.5. The topological polar surface area (TPSA) is 76.7 Å². The number of urea groups is 1. The van der Waals surface area contributed by atoms with Crippen LogP contribution in [0.1, 0.15) is 29.8 Å². The average molecular weight is 539 g/mol. The number of halogens is 4. The van der Waals surface area contributed by atoms with Crippen molar-refractivity contribution in [1.29, 1.82) is 0 Å². The maximum atomic E-state index is 13.7. The zero-order valence-electron chi connectivity index (χ0n) is 18.4. The highest BCUT2D eigenvalue weighted by molar-refractivity contribution is 8.12. The fourth-order valence-electron chi connectivity index (χ4n) is 3.50. The molecule has 0 saturated heterocycles. The van der Waals surface area contributed by atoms with Gasteiger partial charge in [-0.3, -0.25) is 9.52 Å². The number of hydrogen-bond acceptors (Lipinski definition) is 5. The SMILES string of the molecule is CC1(C)Cc2cccc(Oc3c(Cl)cc(NC(=O)NSC(=O)c4c(F)cccc4F)cc3Cl)c2O1. The van der Waals surface area contributed by atoms with Crippen molar-refractivity contribution in [2.75, 3.05) is 5.32 Å². The second-order valence-electron chi connectivity index (χ2n) is 8.20. The van der Waals surface area contributed by atoms with E-state index >= 15 is 0 Å². The molecule has 0 bridgehead atoms. The third-order valence-corrected chi connectivity index (χ3v) is 6.16. The Bertz CT molecular complexity index is 1290. The van der Waals surface area contributed by atoms with Gasteiger partial charge in [-0.1, -0.05) is 41.4 Å². The molecule has 0 aliphatic carbocycles. The molecule has 1 heterocycles. The van der Waals surface area contributed by atoms with Gasteiger partial charge in [0.25, 0.3) is 0 Å². The Balaban J connectivity index is 1.43. The molecule has 0 unspecified atom stereocenters. The van der Waals surface area contributed by atoms with E-state index in [-0.39, 0.29) is 39.0 Å². The van der Waals surface area contributed by atoms with Crippen LogP contribution in [0.15, 0.2) is 48.5 Å². The summed E-state index contributed by atoms with van der Waals surface area (Å²) in [5, 5.41) is 1.66. The zero-order chi connectivity index (χ0) is 25.3. The monoisotopic (exact) mass is 538 g/mol. The fourth-order valence-corrected chi connectivity index (χ4v) is 4.60. The lowest BCUT2D eigenvalue weighted by molar-refractivity contribution is 0.108. The smallest absolute Gasteiger partial charge is 0.329 e. The van der Waals surface area contributed by atoms with Crippen LogP contribution in [0.5, 0.6) is 17.2 Å². The first-order valence-electron chi connectivity index (χ1n) is 10.2. The van der Waals surface area contributed by atoms with Gasteiger partial charge in [-0.05, 0) is 44.2 Å². The van der Waals surface area contributed by atoms with E-state index < -0.39 is 28.3 Å². The summed E-state index contributed by atoms with van der Waals surface area (Å²) in [4.78, 5) is 24.3. The van der Waals surface area contributed by atoms with Crippen molar-refractivity contribution in [2.45, 2.75) is 25.9 Å². The second-order valence-corrected chi connectivity index (χ2v) is 9.79. The maximum absolute atomic E-state index is 13.7. The molecule has 0 atom stereocenters. The molecule has 182 valence electrons. The number of rotatable bonds is 4. The molecule has 1 aliphatic rings. The molecule has 11 heteroatoms. The molecule has 6 nitrogen and oxygen atoms in total. The summed E-state index contributed by atoms with van der Waals surface area (Å²) >= 11 is 12.9. The number of ether oxygens (including phenoxy) is 2. The number of anilines is 1. The molecule has 2 N–H and O–H groups in total. The van der Waals surface area contributed by atoms with Crippen LogP contribution in [0.2, 0.25) is 10.0 Å². The normalized spacial score (nSPS) is 13.5. The average Bonchev–Trinajstić information content (AvgIpc) is 3.09. The Morgan fingerprint density at radius 3 is 2.34 bits per heavy atom. The highest BCUT2D eigenvalue weighted by Gasteiger charge is 2.32. The molecule has 3 aromatic carbocycles. The maximum Gasteiger partial charge on any atom is 0.329 e. The number of carbonyl (C=O) groups is 2. The largest absolute Gasteiger partial charge is 0.483 e. The lowest BCUT2D eigenvalue weighted by atomic mass is 10.0. The third kappa shape index (κ3) is 5.63. The summed E-state index contributed by atoms with van der Waals surface area (Å²) in [6, 6.07) is 10.5. The Labute approximate surface area is 214 Å². The number of amides is 2. The first-order valence-corrected chi connectivity index (χ1v) is 11.8. The van der Waals surface area contributed by atoms with E-state index in [0.717, 1.165) is 30.2 Å². The fraction of sp³-hybridized carbons (Fsp3) is 0.167. The first kappa shape index (κ1) is 25.1. The predicted molar refractivity (Wildman–Crippen MR) is 132 cm³/mol. The number of fused-ring (bicyclic) bond motifs is 1. The molecule has 35 heavy (non-hydrogen) atoms. The summed E-state index contributed by atoms with van der Waals surface area (Å²) in [7, 11) is 0. The van der Waals surface area contributed by atoms with Gasteiger partial charge in [-0.25, -0.2) is 13.6 Å². The van der Waals surface area contributed by atoms with Gasteiger partial charge in [0.1, 0.15) is 22.8 Å². The van der Waals surface area contributed by atoms with Gasteiger partial charge >= 0.3 is 6.03 Å². The van der Waals surface area contributed by atoms with Gasteiger partial charge in [0.15, 0.2) is 17.2 Å². The van der Waals surface area contributed by atoms with Crippen LogP contribution in [0, 0.1) is 11.6 Å². The van der Waals surface area contributed by atoms with Crippen LogP contribution in [0.25, 0.3) is 0 Å². The van der Waals surface area contributed by atoms with Crippen molar-refractivity contribution >= 4 is 52.0 Å². The molecule has 1 aliphatic heterocycles. The number of benzene rings is 3. The van der Waals surface area contributed by atoms with E-state index in [2.05, 4.69) is 10.0 Å². The zero-order valence-corrected chi connectivity index (χ0v) is 20.7. The second kappa shape index (κ2) is 9.93. The van der Waals surface area contributed by atoms with Crippen LogP contribution in [0.3, 0.4) is 0 Å². The van der Waals surface area contributed by atoms with Crippen LogP contribution >= 0.6 is 35.1 Å². The standard InChI is InChI=1S/C24H18Cl2F2N2O4S/c1-24(2)11-12-5-3-8-18(20(12)34-24)33-21-14(25)9-13(10-15(21)26)29-23(32)30-35-22(31)19-16(27)6-4-7-17(19)28/h3-10H,11H2,1-2H3,(H2,29,30,32). The van der Waals surface area contributed by atoms with E-state index in [1.807, 2.05) is 26.0 Å². The molecule has 0 spiro atoms. The van der Waals surface area contributed by atoms with E-state index in [4.69, 9.17) is 32.7 Å². The molecule has 3 aromatic rings. The van der Waals surface area contributed by atoms with E-state index in [9.17, 15) is 18.4 Å². The molecule has 0 aromatic heterocycles. The molecular formula is C24H18Cl2F2N2O4S. The van der Waals surface area contributed by atoms with Crippen LogP contribution in [-0.4, -0.2) is 16.7 Å². The van der Waals surface area contributed by atoms with E-state index in [1.54, 1.807) is 6.07 Å². The van der Waals surface area contributed by atoms with Crippen LogP contribution < -0.4 is 19.5 Å². The molecule has 4 rings (SSSR count). The first-order chi connectivity index (χ1) is 16.5. The number of nitrogens with one attached hydrogen (secondary N) is 2. The van der Waals surface area contributed by atoms with Gasteiger partial charge in [-0.2, -0.15) is 0 Å². The van der Waals surface area contributed by atoms with Crippen LogP contribution in [-0.2, 0) is 6.42 Å². The van der Waals surface area contributed by atoms with E-state index in [0.29, 0.717) is 11.5 Å². The Kier molecular flexibility index (Phi) is 7.12. The molecule has 2 amide bonds. The van der Waals surface area contributed by atoms with Gasteiger partial charge in [-0.15, -0.1) is 0 Å². The molecular weight excluding hydrogens is 521 g/mol. The van der Waals surface area contributed by atoms with Gasteiger partial charge < -0.3 is 14.8 Å². The van der Waals surface area contributed by atoms with Crippen molar-refractivity contribution in [2.24, 2.45) is 0 Å². The Morgan fingerprint density at radius 1 is 1.06 bits per heavy atom. The van der Waals surface area contributed by atoms with Crippen molar-refractivity contribution in [1.82, 2.24) is 4.72 Å². The summed E-state index contributed by atoms with van der Waals surface area (Å²) < 4.78 is 41.5. The number of carbonyl (C=O) groups excluding carboxylic acids is 2. The van der Waals surface area contributed by atoms with Crippen LogP contribution in [0.4, 0.5) is 19.3 Å². The summed E-state index contributed by atoms with van der Waals surface area (Å²) in [6.45, 7) is 3.95. The van der Waals surface area contributed by atoms with Gasteiger partial charge in [0, 0.05) is 29.6 Å². The predicted octanol–water partition coefficient (Wildman–Crippen LogP) is 7.39. The van der Waals surface area contributed by atoms with Crippen molar-refractivity contribution in [3.63, 3.8) is 0 Å². The third-order valence-electron chi connectivity index (χ3n) is 4.93. The van der Waals surface area contributed by atoms with Gasteiger partial charge in [0.05, 0.1) is 10.0 Å². The van der Waals surface area contributed by atoms with Crippen molar-refractivity contribution in [3.8, 4) is 17.2 Å². The molecule has 0 fully saturated rings. The quantitative estimate of drug-likeness (QED) is 0.338. The Hall–Kier alpha value is -3.01. The van der Waals surface area contributed by atoms with Crippen molar-refractivity contribution < 1.29 is 27.8 Å². The lowest BCUT2D eigenvalue weighted by Gasteiger charge is -2.19. The lowest BCUT2D eigenvalue weighted by Crippen LogP contribution is -2.24. The minimum Gasteiger partial charge on any atom is -0.483 e. The number of para-hydroxylation sites is 1. The van der Waals surface area contributed by atoms with Crippen molar-refractivity contribution in [3.05, 3.63) is 81.3 Å². The Morgan fingerprint density at radius 2 is 1.69 bits per heavy atom. The minimum absolute atomic E-state index is 0.111. The van der Waals surface area contributed by atoms with Gasteiger partial charge in [0.2, 0.25) is 5.12 Å². The van der Waals surface area contributed by atoms with E-state index in [1.165, 1.54) is 12.1 Å². The summed E-state index contributed by atoms with van der Waals surface area (Å²) in [5.74, 6) is -0.834. The molecule has 0 saturated carbocycles. The number of hydrogen-bond donors (Lipinski definition) is 2. The summed E-state index contributed by atoms with van der Waals surface area (Å²) in [5.41, 5.74) is 0.0707. The molecule has 0 radical (unpaired) electrons. The highest BCUT2D eigenvalue weighted by Crippen LogP contribution is 2.46.